The molecule has 0 aliphatic heterocycles. The summed E-state index contributed by atoms with van der Waals surface area (Å²) in [5.74, 6) is -0.732. The van der Waals surface area contributed by atoms with Gasteiger partial charge in [-0.15, -0.1) is 0 Å². The van der Waals surface area contributed by atoms with Crippen molar-refractivity contribution in [3.63, 3.8) is 0 Å². The molecule has 0 radical (unpaired) electrons. The number of nitro benzene ring substituents is 1. The van der Waals surface area contributed by atoms with Gasteiger partial charge in [0.05, 0.1) is 15.1 Å². The Labute approximate surface area is 173 Å². The number of rotatable bonds is 4. The monoisotopic (exact) mass is 421 g/mol. The Morgan fingerprint density at radius 2 is 1.93 bits per heavy atom. The van der Waals surface area contributed by atoms with Crippen molar-refractivity contribution in [3.8, 4) is 5.69 Å². The van der Waals surface area contributed by atoms with Crippen molar-refractivity contribution in [2.45, 2.75) is 13.8 Å². The van der Waals surface area contributed by atoms with Gasteiger partial charge in [-0.3, -0.25) is 25.0 Å². The molecule has 150 valence electrons. The maximum atomic E-state index is 12.8. The number of nitrogens with one attached hydrogen (secondary N) is 1. The Kier molecular flexibility index (Phi) is 4.84. The number of anilines is 1. The van der Waals surface area contributed by atoms with Crippen LogP contribution in [0, 0.1) is 24.0 Å². The van der Waals surface area contributed by atoms with Gasteiger partial charge in [0, 0.05) is 17.8 Å². The Bertz CT molecular complexity index is 1380. The Balaban J connectivity index is 1.75. The number of hydrogen-bond acceptors (Lipinski definition) is 7. The third kappa shape index (κ3) is 3.44. The summed E-state index contributed by atoms with van der Waals surface area (Å²) >= 11 is 1.28. The molecule has 4 rings (SSSR count). The summed E-state index contributed by atoms with van der Waals surface area (Å²) in [5.41, 5.74) is 1.10. The molecule has 4 aromatic rings. The average Bonchev–Trinajstić information content (AvgIpc) is 3.12. The predicted molar refractivity (Wildman–Crippen MR) is 114 cm³/mol. The quantitative estimate of drug-likeness (QED) is 0.397. The van der Waals surface area contributed by atoms with Crippen LogP contribution in [-0.4, -0.2) is 25.6 Å². The molecular weight excluding hydrogens is 406 g/mol. The highest BCUT2D eigenvalue weighted by molar-refractivity contribution is 7.22. The second-order valence-electron chi connectivity index (χ2n) is 6.55. The first-order valence-electron chi connectivity index (χ1n) is 8.87. The van der Waals surface area contributed by atoms with Gasteiger partial charge in [0.1, 0.15) is 5.69 Å². The van der Waals surface area contributed by atoms with Gasteiger partial charge in [-0.25, -0.2) is 9.67 Å². The van der Waals surface area contributed by atoms with E-state index in [9.17, 15) is 19.7 Å². The zero-order valence-electron chi connectivity index (χ0n) is 15.9. The average molecular weight is 421 g/mol. The van der Waals surface area contributed by atoms with E-state index >= 15 is 0 Å². The number of benzene rings is 2. The first kappa shape index (κ1) is 19.4. The molecule has 10 heteroatoms. The van der Waals surface area contributed by atoms with E-state index in [1.165, 1.54) is 40.3 Å². The third-order valence-corrected chi connectivity index (χ3v) is 5.41. The SMILES string of the molecule is Cc1cccc2sc(NC(=O)c3nn(-c4ccccc4[N+](=O)[O-])c(C)cc3=O)nc12. The standard InChI is InChI=1S/C20H15N5O4S/c1-11-6-5-9-16-17(11)21-20(30-16)22-19(27)18-15(26)10-12(2)24(23-18)13-7-3-4-8-14(13)25(28)29/h3-10H,1-2H3,(H,21,22,27). The van der Waals surface area contributed by atoms with Crippen molar-refractivity contribution in [2.24, 2.45) is 0 Å². The predicted octanol–water partition coefficient (Wildman–Crippen LogP) is 3.62. The fourth-order valence-electron chi connectivity index (χ4n) is 3.04. The molecule has 2 aromatic carbocycles. The number of nitro groups is 1. The minimum atomic E-state index is -0.732. The number of carbonyl (C=O) groups is 1. The minimum Gasteiger partial charge on any atom is -0.296 e. The highest BCUT2D eigenvalue weighted by Gasteiger charge is 2.21. The van der Waals surface area contributed by atoms with Crippen molar-refractivity contribution in [1.29, 1.82) is 0 Å². The molecule has 0 saturated heterocycles. The van der Waals surface area contributed by atoms with Crippen LogP contribution in [0.2, 0.25) is 0 Å². The van der Waals surface area contributed by atoms with E-state index in [4.69, 9.17) is 0 Å². The highest BCUT2D eigenvalue weighted by atomic mass is 32.1. The van der Waals surface area contributed by atoms with E-state index in [1.807, 2.05) is 25.1 Å². The molecule has 0 unspecified atom stereocenters. The molecule has 0 saturated carbocycles. The van der Waals surface area contributed by atoms with Crippen molar-refractivity contribution < 1.29 is 9.72 Å². The van der Waals surface area contributed by atoms with Gasteiger partial charge in [0.15, 0.2) is 10.8 Å². The van der Waals surface area contributed by atoms with Crippen molar-refractivity contribution in [2.75, 3.05) is 5.32 Å². The zero-order chi connectivity index (χ0) is 21.4. The van der Waals surface area contributed by atoms with Gasteiger partial charge in [0.25, 0.3) is 11.6 Å². The van der Waals surface area contributed by atoms with Gasteiger partial charge in [0.2, 0.25) is 5.43 Å². The molecule has 0 aliphatic rings. The van der Waals surface area contributed by atoms with Gasteiger partial charge in [-0.2, -0.15) is 5.10 Å². The van der Waals surface area contributed by atoms with Crippen LogP contribution in [0.25, 0.3) is 15.9 Å². The number of nitrogens with zero attached hydrogens (tertiary/aromatic N) is 4. The van der Waals surface area contributed by atoms with E-state index in [0.717, 1.165) is 15.8 Å². The Morgan fingerprint density at radius 1 is 1.17 bits per heavy atom. The molecule has 9 nitrogen and oxygen atoms in total. The number of hydrogen-bond donors (Lipinski definition) is 1. The fourth-order valence-corrected chi connectivity index (χ4v) is 3.98. The summed E-state index contributed by atoms with van der Waals surface area (Å²) in [4.78, 5) is 40.4. The van der Waals surface area contributed by atoms with Gasteiger partial charge in [-0.1, -0.05) is 35.6 Å². The zero-order valence-corrected chi connectivity index (χ0v) is 16.8. The Hall–Kier alpha value is -3.92. The molecule has 0 spiro atoms. The van der Waals surface area contributed by atoms with Crippen LogP contribution in [-0.2, 0) is 0 Å². The van der Waals surface area contributed by atoms with E-state index in [2.05, 4.69) is 15.4 Å². The molecule has 2 aromatic heterocycles. The van der Waals surface area contributed by atoms with Crippen molar-refractivity contribution >= 4 is 38.3 Å². The number of amides is 1. The van der Waals surface area contributed by atoms with Gasteiger partial charge < -0.3 is 0 Å². The van der Waals surface area contributed by atoms with Crippen LogP contribution in [0.3, 0.4) is 0 Å². The summed E-state index contributed by atoms with van der Waals surface area (Å²) in [5, 5.41) is 18.4. The molecule has 1 amide bonds. The summed E-state index contributed by atoms with van der Waals surface area (Å²) in [7, 11) is 0. The van der Waals surface area contributed by atoms with Crippen molar-refractivity contribution in [3.05, 3.63) is 85.8 Å². The molecule has 0 atom stereocenters. The minimum absolute atomic E-state index is 0.157. The van der Waals surface area contributed by atoms with E-state index in [-0.39, 0.29) is 17.1 Å². The fraction of sp³-hybridized carbons (Fsp3) is 0.100. The summed E-state index contributed by atoms with van der Waals surface area (Å²) in [6.07, 6.45) is 0. The largest absolute Gasteiger partial charge is 0.296 e. The van der Waals surface area contributed by atoms with Crippen LogP contribution in [0.4, 0.5) is 10.8 Å². The van der Waals surface area contributed by atoms with E-state index < -0.39 is 16.3 Å². The Morgan fingerprint density at radius 3 is 2.67 bits per heavy atom. The molecule has 0 fully saturated rings. The summed E-state index contributed by atoms with van der Waals surface area (Å²) in [6.45, 7) is 3.50. The molecule has 0 aliphatic carbocycles. The number of para-hydroxylation sites is 3. The maximum Gasteiger partial charge on any atom is 0.294 e. The van der Waals surface area contributed by atoms with Crippen LogP contribution in [0.5, 0.6) is 0 Å². The van der Waals surface area contributed by atoms with Crippen LogP contribution in [0.1, 0.15) is 21.7 Å². The molecule has 30 heavy (non-hydrogen) atoms. The highest BCUT2D eigenvalue weighted by Crippen LogP contribution is 2.28. The van der Waals surface area contributed by atoms with E-state index in [1.54, 1.807) is 13.0 Å². The lowest BCUT2D eigenvalue weighted by atomic mass is 10.2. The molecule has 0 bridgehead atoms. The lowest BCUT2D eigenvalue weighted by Gasteiger charge is -2.11. The molecular formula is C20H15N5O4S. The number of fused-ring (bicyclic) bond motifs is 1. The van der Waals surface area contributed by atoms with Crippen LogP contribution in [0.15, 0.2) is 53.3 Å². The van der Waals surface area contributed by atoms with Gasteiger partial charge in [-0.05, 0) is 31.5 Å². The molecule has 1 N–H and O–H groups in total. The van der Waals surface area contributed by atoms with E-state index in [0.29, 0.717) is 10.8 Å². The number of aryl methyl sites for hydroxylation is 2. The first-order chi connectivity index (χ1) is 14.3. The third-order valence-electron chi connectivity index (χ3n) is 4.47. The topological polar surface area (TPSA) is 120 Å². The van der Waals surface area contributed by atoms with Crippen molar-refractivity contribution in [1.82, 2.24) is 14.8 Å². The maximum absolute atomic E-state index is 12.8. The van der Waals surface area contributed by atoms with Crippen LogP contribution >= 0.6 is 11.3 Å². The number of thiazole rings is 1. The number of aromatic nitrogens is 3. The summed E-state index contributed by atoms with van der Waals surface area (Å²) < 4.78 is 2.12. The lowest BCUT2D eigenvalue weighted by Crippen LogP contribution is -2.27. The first-order valence-corrected chi connectivity index (χ1v) is 9.69. The molecule has 2 heterocycles. The second-order valence-corrected chi connectivity index (χ2v) is 7.58. The number of carbonyl (C=O) groups excluding carboxylic acids is 1. The van der Waals surface area contributed by atoms with Crippen LogP contribution < -0.4 is 10.7 Å². The summed E-state index contributed by atoms with van der Waals surface area (Å²) in [6, 6.07) is 12.9. The lowest BCUT2D eigenvalue weighted by molar-refractivity contribution is -0.384. The normalized spacial score (nSPS) is 10.9. The smallest absolute Gasteiger partial charge is 0.294 e. The second kappa shape index (κ2) is 7.48. The van der Waals surface area contributed by atoms with Gasteiger partial charge >= 0.3 is 0 Å².